The molecule has 1 N–H and O–H groups in total. The van der Waals surface area contributed by atoms with Gasteiger partial charge in [-0.25, -0.2) is 9.67 Å². The minimum Gasteiger partial charge on any atom is -0.352 e. The fourth-order valence-electron chi connectivity index (χ4n) is 3.22. The van der Waals surface area contributed by atoms with Gasteiger partial charge in [0, 0.05) is 30.4 Å². The number of carbonyl (C=O) groups is 1. The number of aromatic nitrogens is 5. The molecule has 1 amide bonds. The van der Waals surface area contributed by atoms with Crippen LogP contribution in [0.2, 0.25) is 0 Å². The highest BCUT2D eigenvalue weighted by molar-refractivity contribution is 7.09. The Kier molecular flexibility index (Phi) is 5.21. The number of nitrogens with one attached hydrogen (secondary N) is 1. The van der Waals surface area contributed by atoms with Crippen LogP contribution in [0.4, 0.5) is 0 Å². The molecule has 144 valence electrons. The zero-order chi connectivity index (χ0) is 19.5. The molecule has 0 fully saturated rings. The molecule has 0 aliphatic rings. The van der Waals surface area contributed by atoms with E-state index in [4.69, 9.17) is 0 Å². The number of carbonyl (C=O) groups excluding carboxylic acids is 1. The molecule has 0 spiro atoms. The molecular formula is C20H22N6OS. The second-order valence-corrected chi connectivity index (χ2v) is 7.84. The highest BCUT2D eigenvalue weighted by atomic mass is 32.1. The molecule has 0 aliphatic carbocycles. The number of fused-ring (bicyclic) bond motifs is 1. The Morgan fingerprint density at radius 1 is 1.29 bits per heavy atom. The van der Waals surface area contributed by atoms with Gasteiger partial charge in [-0.1, -0.05) is 6.07 Å². The largest absolute Gasteiger partial charge is 0.352 e. The predicted molar refractivity (Wildman–Crippen MR) is 110 cm³/mol. The van der Waals surface area contributed by atoms with E-state index < -0.39 is 0 Å². The van der Waals surface area contributed by atoms with Gasteiger partial charge in [0.25, 0.3) is 5.91 Å². The van der Waals surface area contributed by atoms with Gasteiger partial charge in [0.15, 0.2) is 5.65 Å². The van der Waals surface area contributed by atoms with Crippen LogP contribution in [0.15, 0.2) is 42.2 Å². The lowest BCUT2D eigenvalue weighted by atomic mass is 10.1. The number of thiophene rings is 1. The van der Waals surface area contributed by atoms with Crippen molar-refractivity contribution in [3.05, 3.63) is 63.9 Å². The maximum atomic E-state index is 12.8. The summed E-state index contributed by atoms with van der Waals surface area (Å²) >= 11 is 1.68. The first-order valence-corrected chi connectivity index (χ1v) is 10.1. The summed E-state index contributed by atoms with van der Waals surface area (Å²) in [4.78, 5) is 18.6. The number of nitrogens with zero attached hydrogens (tertiary/aromatic N) is 5. The third kappa shape index (κ3) is 3.96. The molecule has 0 atom stereocenters. The second kappa shape index (κ2) is 7.93. The molecule has 0 unspecified atom stereocenters. The zero-order valence-corrected chi connectivity index (χ0v) is 16.7. The SMILES string of the molecule is Cc1cc(C(=O)NCCCc2cnn(C)c2)c2cnn(Cc3cccs3)c2n1. The molecule has 0 aliphatic heterocycles. The molecule has 0 saturated carbocycles. The van der Waals surface area contributed by atoms with E-state index in [9.17, 15) is 4.79 Å². The minimum atomic E-state index is -0.0858. The lowest BCUT2D eigenvalue weighted by molar-refractivity contribution is 0.0954. The minimum absolute atomic E-state index is 0.0858. The molecular weight excluding hydrogens is 372 g/mol. The highest BCUT2D eigenvalue weighted by Gasteiger charge is 2.16. The Labute approximate surface area is 167 Å². The zero-order valence-electron chi connectivity index (χ0n) is 15.9. The number of amides is 1. The van der Waals surface area contributed by atoms with Gasteiger partial charge in [-0.2, -0.15) is 10.2 Å². The Balaban J connectivity index is 1.46. The monoisotopic (exact) mass is 394 g/mol. The molecule has 0 aromatic carbocycles. The lowest BCUT2D eigenvalue weighted by Gasteiger charge is -2.08. The van der Waals surface area contributed by atoms with E-state index >= 15 is 0 Å². The van der Waals surface area contributed by atoms with Gasteiger partial charge >= 0.3 is 0 Å². The van der Waals surface area contributed by atoms with Crippen LogP contribution in [-0.4, -0.2) is 37.0 Å². The first kappa shape index (κ1) is 18.4. The van der Waals surface area contributed by atoms with E-state index in [1.54, 1.807) is 22.2 Å². The Morgan fingerprint density at radius 3 is 2.93 bits per heavy atom. The van der Waals surface area contributed by atoms with Gasteiger partial charge in [0.05, 0.1) is 29.9 Å². The van der Waals surface area contributed by atoms with Crippen molar-refractivity contribution < 1.29 is 4.79 Å². The van der Waals surface area contributed by atoms with E-state index in [1.165, 1.54) is 10.4 Å². The van der Waals surface area contributed by atoms with Crippen molar-refractivity contribution in [1.82, 2.24) is 29.9 Å². The molecule has 4 rings (SSSR count). The van der Waals surface area contributed by atoms with Crippen molar-refractivity contribution in [3.63, 3.8) is 0 Å². The first-order valence-electron chi connectivity index (χ1n) is 9.21. The second-order valence-electron chi connectivity index (χ2n) is 6.81. The first-order chi connectivity index (χ1) is 13.6. The van der Waals surface area contributed by atoms with Gasteiger partial charge in [-0.15, -0.1) is 11.3 Å². The third-order valence-corrected chi connectivity index (χ3v) is 5.41. The standard InChI is InChI=1S/C20H22N6OS/c1-14-9-17(20(27)21-7-3-5-15-10-22-25(2)12-15)18-11-23-26(19(18)24-14)13-16-6-4-8-28-16/h4,6,8-12H,3,5,7,13H2,1-2H3,(H,21,27). The van der Waals surface area contributed by atoms with Crippen LogP contribution in [0.3, 0.4) is 0 Å². The summed E-state index contributed by atoms with van der Waals surface area (Å²) in [6.07, 6.45) is 7.35. The summed E-state index contributed by atoms with van der Waals surface area (Å²) in [5.74, 6) is -0.0858. The summed E-state index contributed by atoms with van der Waals surface area (Å²) < 4.78 is 3.64. The van der Waals surface area contributed by atoms with Crippen molar-refractivity contribution in [2.24, 2.45) is 7.05 Å². The average molecular weight is 395 g/mol. The molecule has 4 aromatic heterocycles. The highest BCUT2D eigenvalue weighted by Crippen LogP contribution is 2.20. The molecule has 8 heteroatoms. The molecule has 0 bridgehead atoms. The van der Waals surface area contributed by atoms with E-state index in [2.05, 4.69) is 26.6 Å². The van der Waals surface area contributed by atoms with E-state index in [0.29, 0.717) is 18.7 Å². The Morgan fingerprint density at radius 2 is 2.18 bits per heavy atom. The molecule has 0 saturated heterocycles. The van der Waals surface area contributed by atoms with Gasteiger partial charge in [0.1, 0.15) is 0 Å². The maximum absolute atomic E-state index is 12.8. The van der Waals surface area contributed by atoms with Gasteiger partial charge in [-0.3, -0.25) is 9.48 Å². The number of aryl methyl sites for hydroxylation is 3. The summed E-state index contributed by atoms with van der Waals surface area (Å²) in [6.45, 7) is 3.17. The Bertz CT molecular complexity index is 1100. The summed E-state index contributed by atoms with van der Waals surface area (Å²) in [5, 5.41) is 14.5. The van der Waals surface area contributed by atoms with Crippen molar-refractivity contribution in [1.29, 1.82) is 0 Å². The topological polar surface area (TPSA) is 77.6 Å². The van der Waals surface area contributed by atoms with Crippen molar-refractivity contribution in [2.75, 3.05) is 6.54 Å². The molecule has 4 aromatic rings. The molecule has 0 radical (unpaired) electrons. The smallest absolute Gasteiger partial charge is 0.252 e. The van der Waals surface area contributed by atoms with E-state index in [-0.39, 0.29) is 5.91 Å². The van der Waals surface area contributed by atoms with Crippen LogP contribution in [0.5, 0.6) is 0 Å². The fraction of sp³-hybridized carbons (Fsp3) is 0.300. The number of rotatable bonds is 7. The van der Waals surface area contributed by atoms with Gasteiger partial charge in [0.2, 0.25) is 0 Å². The van der Waals surface area contributed by atoms with E-state index in [0.717, 1.165) is 29.6 Å². The van der Waals surface area contributed by atoms with Crippen LogP contribution in [0.1, 0.15) is 32.9 Å². The van der Waals surface area contributed by atoms with Gasteiger partial charge in [-0.05, 0) is 42.8 Å². The summed E-state index contributed by atoms with van der Waals surface area (Å²) in [7, 11) is 1.90. The third-order valence-electron chi connectivity index (χ3n) is 4.55. The molecule has 28 heavy (non-hydrogen) atoms. The van der Waals surface area contributed by atoms with Crippen LogP contribution in [0, 0.1) is 6.92 Å². The normalized spacial score (nSPS) is 11.2. The predicted octanol–water partition coefficient (Wildman–Crippen LogP) is 2.95. The van der Waals surface area contributed by atoms with Gasteiger partial charge < -0.3 is 5.32 Å². The average Bonchev–Trinajstić information content (AvgIpc) is 3.41. The van der Waals surface area contributed by atoms with E-state index in [1.807, 2.05) is 48.6 Å². The van der Waals surface area contributed by atoms with Crippen molar-refractivity contribution >= 4 is 28.3 Å². The van der Waals surface area contributed by atoms with Crippen LogP contribution < -0.4 is 5.32 Å². The van der Waals surface area contributed by atoms with Crippen molar-refractivity contribution in [3.8, 4) is 0 Å². The van der Waals surface area contributed by atoms with Crippen LogP contribution >= 0.6 is 11.3 Å². The van der Waals surface area contributed by atoms with Crippen LogP contribution in [-0.2, 0) is 20.0 Å². The quantitative estimate of drug-likeness (QED) is 0.489. The number of hydrogen-bond acceptors (Lipinski definition) is 5. The number of pyridine rings is 1. The summed E-state index contributed by atoms with van der Waals surface area (Å²) in [5.41, 5.74) is 3.35. The Hall–Kier alpha value is -3.00. The van der Waals surface area contributed by atoms with Crippen LogP contribution in [0.25, 0.3) is 11.0 Å². The maximum Gasteiger partial charge on any atom is 0.252 e. The summed E-state index contributed by atoms with van der Waals surface area (Å²) in [6, 6.07) is 5.93. The van der Waals surface area contributed by atoms with Crippen molar-refractivity contribution in [2.45, 2.75) is 26.3 Å². The molecule has 7 nitrogen and oxygen atoms in total. The lowest BCUT2D eigenvalue weighted by Crippen LogP contribution is -2.25. The fourth-order valence-corrected chi connectivity index (χ4v) is 3.90. The molecule has 4 heterocycles. The number of hydrogen-bond donors (Lipinski definition) is 1.